The molecule has 0 aliphatic carbocycles. The van der Waals surface area contributed by atoms with Crippen LogP contribution in [0.5, 0.6) is 5.88 Å². The Morgan fingerprint density at radius 1 is 1.32 bits per heavy atom. The van der Waals surface area contributed by atoms with Gasteiger partial charge in [0.2, 0.25) is 5.88 Å². The van der Waals surface area contributed by atoms with E-state index < -0.39 is 0 Å². The number of hydrazine groups is 1. The van der Waals surface area contributed by atoms with Crippen molar-refractivity contribution in [2.24, 2.45) is 5.84 Å². The second-order valence-electron chi connectivity index (χ2n) is 4.04. The quantitative estimate of drug-likeness (QED) is 0.650. The Hall–Kier alpha value is -1.50. The lowest BCUT2D eigenvalue weighted by Gasteiger charge is -2.15. The Balaban J connectivity index is 2.17. The van der Waals surface area contributed by atoms with Gasteiger partial charge >= 0.3 is 0 Å². The summed E-state index contributed by atoms with van der Waals surface area (Å²) in [6, 6.07) is 9.80. The molecule has 0 spiro atoms. The van der Waals surface area contributed by atoms with Crippen LogP contribution in [0.1, 0.15) is 17.3 Å². The molecule has 0 radical (unpaired) electrons. The van der Waals surface area contributed by atoms with Gasteiger partial charge in [0.05, 0.1) is 18.8 Å². The molecular weight excluding hydrogens is 308 g/mol. The highest BCUT2D eigenvalue weighted by Gasteiger charge is 2.13. The van der Waals surface area contributed by atoms with E-state index in [1.165, 1.54) is 11.9 Å². The van der Waals surface area contributed by atoms with E-state index in [-0.39, 0.29) is 6.04 Å². The molecule has 1 aromatic carbocycles. The first-order valence-corrected chi connectivity index (χ1v) is 6.58. The summed E-state index contributed by atoms with van der Waals surface area (Å²) in [6.45, 7) is 0. The molecule has 1 aromatic heterocycles. The minimum absolute atomic E-state index is 0.0851. The second kappa shape index (κ2) is 6.60. The molecule has 2 aromatic rings. The summed E-state index contributed by atoms with van der Waals surface area (Å²) in [5.74, 6) is 6.14. The Bertz CT molecular complexity index is 532. The topological polar surface area (TPSA) is 73.1 Å². The van der Waals surface area contributed by atoms with E-state index >= 15 is 0 Å². The number of nitrogens with zero attached hydrogens (tertiary/aromatic N) is 2. The van der Waals surface area contributed by atoms with E-state index in [4.69, 9.17) is 10.6 Å². The van der Waals surface area contributed by atoms with Gasteiger partial charge in [0.25, 0.3) is 0 Å². The smallest absolute Gasteiger partial charge is 0.216 e. The minimum Gasteiger partial charge on any atom is -0.481 e. The average molecular weight is 323 g/mol. The summed E-state index contributed by atoms with van der Waals surface area (Å²) in [4.78, 5) is 8.21. The van der Waals surface area contributed by atoms with E-state index in [0.29, 0.717) is 5.88 Å². The van der Waals surface area contributed by atoms with E-state index in [9.17, 15) is 0 Å². The fourth-order valence-electron chi connectivity index (χ4n) is 1.76. The van der Waals surface area contributed by atoms with Gasteiger partial charge in [-0.3, -0.25) is 11.3 Å². The number of benzene rings is 1. The van der Waals surface area contributed by atoms with Crippen LogP contribution in [0.4, 0.5) is 0 Å². The summed E-state index contributed by atoms with van der Waals surface area (Å²) in [5, 5.41) is 0. The molecule has 5 nitrogen and oxygen atoms in total. The lowest BCUT2D eigenvalue weighted by Crippen LogP contribution is -2.30. The standard InChI is InChI=1S/C13H15BrN4O/c1-19-13-7-11(16-8-17-13)12(18-15)6-9-2-4-10(14)5-3-9/h2-5,7-8,12,18H,6,15H2,1H3. The highest BCUT2D eigenvalue weighted by molar-refractivity contribution is 9.10. The molecule has 0 aliphatic heterocycles. The van der Waals surface area contributed by atoms with Gasteiger partial charge in [-0.1, -0.05) is 28.1 Å². The minimum atomic E-state index is -0.0851. The average Bonchev–Trinajstić information content (AvgIpc) is 2.46. The van der Waals surface area contributed by atoms with Gasteiger partial charge in [-0.05, 0) is 24.1 Å². The van der Waals surface area contributed by atoms with Crippen LogP contribution in [0.3, 0.4) is 0 Å². The van der Waals surface area contributed by atoms with E-state index in [1.807, 2.05) is 24.3 Å². The van der Waals surface area contributed by atoms with Crippen molar-refractivity contribution >= 4 is 15.9 Å². The molecule has 1 atom stereocenters. The van der Waals surface area contributed by atoms with Crippen LogP contribution in [-0.4, -0.2) is 17.1 Å². The summed E-state index contributed by atoms with van der Waals surface area (Å²) < 4.78 is 6.14. The second-order valence-corrected chi connectivity index (χ2v) is 4.95. The summed E-state index contributed by atoms with van der Waals surface area (Å²) in [6.07, 6.45) is 2.21. The molecule has 19 heavy (non-hydrogen) atoms. The maximum Gasteiger partial charge on any atom is 0.216 e. The van der Waals surface area contributed by atoms with Gasteiger partial charge in [-0.2, -0.15) is 0 Å². The monoisotopic (exact) mass is 322 g/mol. The van der Waals surface area contributed by atoms with Crippen LogP contribution in [-0.2, 0) is 6.42 Å². The number of hydrogen-bond donors (Lipinski definition) is 2. The van der Waals surface area contributed by atoms with Crippen LogP contribution >= 0.6 is 15.9 Å². The third-order valence-electron chi connectivity index (χ3n) is 2.78. The van der Waals surface area contributed by atoms with E-state index in [1.54, 1.807) is 13.2 Å². The Morgan fingerprint density at radius 3 is 2.68 bits per heavy atom. The molecule has 0 saturated heterocycles. The van der Waals surface area contributed by atoms with Crippen molar-refractivity contribution in [1.82, 2.24) is 15.4 Å². The fraction of sp³-hybridized carbons (Fsp3) is 0.231. The highest BCUT2D eigenvalue weighted by atomic mass is 79.9. The predicted molar refractivity (Wildman–Crippen MR) is 76.5 cm³/mol. The zero-order valence-corrected chi connectivity index (χ0v) is 12.1. The normalized spacial score (nSPS) is 12.2. The van der Waals surface area contributed by atoms with Crippen molar-refractivity contribution in [3.63, 3.8) is 0 Å². The lowest BCUT2D eigenvalue weighted by molar-refractivity contribution is 0.393. The summed E-state index contributed by atoms with van der Waals surface area (Å²) in [5.41, 5.74) is 4.75. The molecular formula is C13H15BrN4O. The van der Waals surface area contributed by atoms with Gasteiger partial charge in [0.15, 0.2) is 0 Å². The van der Waals surface area contributed by atoms with Crippen molar-refractivity contribution in [2.45, 2.75) is 12.5 Å². The number of hydrogen-bond acceptors (Lipinski definition) is 5. The number of methoxy groups -OCH3 is 1. The van der Waals surface area contributed by atoms with Crippen molar-refractivity contribution in [2.75, 3.05) is 7.11 Å². The predicted octanol–water partition coefficient (Wildman–Crippen LogP) is 1.99. The first kappa shape index (κ1) is 13.9. The number of aromatic nitrogens is 2. The van der Waals surface area contributed by atoms with E-state index in [0.717, 1.165) is 16.6 Å². The molecule has 100 valence electrons. The number of nitrogens with one attached hydrogen (secondary N) is 1. The molecule has 2 rings (SSSR count). The largest absolute Gasteiger partial charge is 0.481 e. The van der Waals surface area contributed by atoms with Crippen LogP contribution in [0.2, 0.25) is 0 Å². The van der Waals surface area contributed by atoms with Crippen molar-refractivity contribution in [3.8, 4) is 5.88 Å². The zero-order valence-electron chi connectivity index (χ0n) is 10.5. The fourth-order valence-corrected chi connectivity index (χ4v) is 2.03. The van der Waals surface area contributed by atoms with Gasteiger partial charge in [-0.25, -0.2) is 9.97 Å². The summed E-state index contributed by atoms with van der Waals surface area (Å²) in [7, 11) is 1.58. The molecule has 0 fully saturated rings. The number of halogens is 1. The molecule has 0 aliphatic rings. The van der Waals surface area contributed by atoms with Crippen LogP contribution in [0.25, 0.3) is 0 Å². The number of nitrogens with two attached hydrogens (primary N) is 1. The van der Waals surface area contributed by atoms with Gasteiger partial charge in [0.1, 0.15) is 6.33 Å². The van der Waals surface area contributed by atoms with E-state index in [2.05, 4.69) is 31.3 Å². The highest BCUT2D eigenvalue weighted by Crippen LogP contribution is 2.19. The lowest BCUT2D eigenvalue weighted by atomic mass is 10.0. The SMILES string of the molecule is COc1cc(C(Cc2ccc(Br)cc2)NN)ncn1. The summed E-state index contributed by atoms with van der Waals surface area (Å²) >= 11 is 3.42. The van der Waals surface area contributed by atoms with Gasteiger partial charge < -0.3 is 4.74 Å². The Morgan fingerprint density at radius 2 is 2.05 bits per heavy atom. The third-order valence-corrected chi connectivity index (χ3v) is 3.31. The molecule has 0 bridgehead atoms. The van der Waals surface area contributed by atoms with Crippen LogP contribution in [0, 0.1) is 0 Å². The first-order valence-electron chi connectivity index (χ1n) is 5.79. The van der Waals surface area contributed by atoms with Gasteiger partial charge in [0, 0.05) is 10.5 Å². The number of ether oxygens (including phenoxy) is 1. The van der Waals surface area contributed by atoms with Crippen LogP contribution < -0.4 is 16.0 Å². The molecule has 0 amide bonds. The maximum atomic E-state index is 5.61. The first-order chi connectivity index (χ1) is 9.22. The zero-order chi connectivity index (χ0) is 13.7. The third kappa shape index (κ3) is 3.73. The number of rotatable bonds is 5. The Labute approximate surface area is 120 Å². The van der Waals surface area contributed by atoms with Crippen LogP contribution in [0.15, 0.2) is 41.1 Å². The van der Waals surface area contributed by atoms with Crippen molar-refractivity contribution in [3.05, 3.63) is 52.4 Å². The van der Waals surface area contributed by atoms with Crippen molar-refractivity contribution in [1.29, 1.82) is 0 Å². The molecule has 1 unspecified atom stereocenters. The maximum absolute atomic E-state index is 5.61. The molecule has 6 heteroatoms. The van der Waals surface area contributed by atoms with Gasteiger partial charge in [-0.15, -0.1) is 0 Å². The Kier molecular flexibility index (Phi) is 4.84. The molecule has 0 saturated carbocycles. The van der Waals surface area contributed by atoms with Crippen molar-refractivity contribution < 1.29 is 4.74 Å². The molecule has 3 N–H and O–H groups in total. The molecule has 1 heterocycles.